The van der Waals surface area contributed by atoms with Crippen molar-refractivity contribution in [3.8, 4) is 17.6 Å². The van der Waals surface area contributed by atoms with E-state index in [4.69, 9.17) is 23.4 Å². The highest BCUT2D eigenvalue weighted by atomic mass is 16.6. The zero-order valence-electron chi connectivity index (χ0n) is 50.9. The first-order chi connectivity index (χ1) is 43.5. The topological polar surface area (TPSA) is 162 Å². The number of allylic oxidation sites excluding steroid dienone is 4. The summed E-state index contributed by atoms with van der Waals surface area (Å²) in [6, 6.07) is 34.9. The normalized spacial score (nSPS) is 30.4. The number of carbonyl (C=O) groups is 2. The average Bonchev–Trinajstić information content (AvgIpc) is 1.79. The van der Waals surface area contributed by atoms with Crippen LogP contribution in [0.15, 0.2) is 142 Å². The van der Waals surface area contributed by atoms with Gasteiger partial charge in [0.05, 0.1) is 31.8 Å². The van der Waals surface area contributed by atoms with Crippen molar-refractivity contribution in [2.45, 2.75) is 150 Å². The van der Waals surface area contributed by atoms with E-state index in [1.165, 1.54) is 52.5 Å². The van der Waals surface area contributed by atoms with Gasteiger partial charge in [0.25, 0.3) is 0 Å². The molecule has 2 saturated carbocycles. The number of aliphatic hydroxyl groups excluding tert-OH is 3. The van der Waals surface area contributed by atoms with Gasteiger partial charge in [0.1, 0.15) is 11.3 Å². The van der Waals surface area contributed by atoms with Crippen LogP contribution in [0.2, 0.25) is 0 Å². The van der Waals surface area contributed by atoms with E-state index in [-0.39, 0.29) is 115 Å². The monoisotopic (exact) mass is 1190 g/mol. The van der Waals surface area contributed by atoms with Crippen LogP contribution < -0.4 is 10.4 Å². The molecule has 4 heterocycles. The molecule has 11 heteroatoms. The van der Waals surface area contributed by atoms with Crippen LogP contribution in [0.4, 0.5) is 0 Å². The summed E-state index contributed by atoms with van der Waals surface area (Å²) in [5.41, 5.74) is 11.5. The standard InChI is InChI=1S/C78H78O11/c1-45(42-80)55-26-21-47-23-28-60-58-27-24-50(49-14-11-16-54(39-49)77-35-9-7-15-53(77)25-20-48-13-4-6-19-66(48)77)38-52(58)40-69(82)86-73-71-68(33-32-63-65(43-81)70(76(84)87-72(63)71)51(34-37-79)44-85-2)89-78(74(73)88-75(55)83)36-10-8-18-59(60)57(47)30-31-62-61-29-22-46-12-3-5-17-56(46)64(61)41-67(62)78/h3-6,11-14,16-17,19-20,22-25,27-29,32-33,39,50-53,58,61-62,64,67,73-74,79-81H,7,9,15,18,21,26,30-31,34-38,40-44H2,1-2H3/b55-45-/t50-,51+,52-,53+,58+,61+,62+,64+,67+,73+,74-,77-,78-/m0/s1. The second-order valence-electron chi connectivity index (χ2n) is 27.0. The van der Waals surface area contributed by atoms with E-state index >= 15 is 9.59 Å². The fourth-order valence-corrected chi connectivity index (χ4v) is 18.7. The molecule has 9 aliphatic rings. The summed E-state index contributed by atoms with van der Waals surface area (Å²) in [5, 5.41) is 33.0. The molecule has 1 aromatic heterocycles. The van der Waals surface area contributed by atoms with Crippen LogP contribution in [-0.4, -0.2) is 65.9 Å². The predicted octanol–water partition coefficient (Wildman–Crippen LogP) is 13.3. The van der Waals surface area contributed by atoms with Gasteiger partial charge in [-0.3, -0.25) is 4.79 Å². The van der Waals surface area contributed by atoms with E-state index in [1.54, 1.807) is 13.0 Å². The van der Waals surface area contributed by atoms with E-state index in [9.17, 15) is 20.1 Å². The lowest BCUT2D eigenvalue weighted by Gasteiger charge is -2.51. The maximum Gasteiger partial charge on any atom is 0.340 e. The van der Waals surface area contributed by atoms with Gasteiger partial charge in [-0.2, -0.15) is 0 Å². The summed E-state index contributed by atoms with van der Waals surface area (Å²) < 4.78 is 34.4. The van der Waals surface area contributed by atoms with Crippen molar-refractivity contribution in [1.82, 2.24) is 0 Å². The van der Waals surface area contributed by atoms with E-state index in [0.717, 1.165) is 48.8 Å². The molecule has 89 heavy (non-hydrogen) atoms. The van der Waals surface area contributed by atoms with Crippen molar-refractivity contribution in [1.29, 1.82) is 0 Å². The minimum Gasteiger partial charge on any atom is -0.481 e. The van der Waals surface area contributed by atoms with Gasteiger partial charge < -0.3 is 38.7 Å². The molecule has 0 amide bonds. The van der Waals surface area contributed by atoms with Crippen LogP contribution in [0, 0.1) is 41.4 Å². The Kier molecular flexibility index (Phi) is 15.2. The molecular weight excluding hydrogens is 1110 g/mol. The number of benzene rings is 5. The number of hydrogen-bond acceptors (Lipinski definition) is 11. The van der Waals surface area contributed by atoms with E-state index in [1.807, 2.05) is 6.07 Å². The van der Waals surface area contributed by atoms with Gasteiger partial charge in [-0.15, -0.1) is 0 Å². The molecule has 13 atom stereocenters. The van der Waals surface area contributed by atoms with Crippen molar-refractivity contribution in [3.63, 3.8) is 0 Å². The molecule has 4 bridgehead atoms. The molecule has 2 fully saturated rings. The first-order valence-electron chi connectivity index (χ1n) is 32.7. The van der Waals surface area contributed by atoms with Crippen molar-refractivity contribution in [3.05, 3.63) is 215 Å². The molecule has 3 N–H and O–H groups in total. The minimum absolute atomic E-state index is 0.00506. The number of esters is 2. The smallest absolute Gasteiger partial charge is 0.340 e. The quantitative estimate of drug-likeness (QED) is 0.0415. The first-order valence-corrected chi connectivity index (χ1v) is 32.7. The number of aryl methyl sites for hydroxylation is 1. The van der Waals surface area contributed by atoms with Crippen LogP contribution in [0.1, 0.15) is 180 Å². The van der Waals surface area contributed by atoms with Gasteiger partial charge in [-0.25, -0.2) is 9.59 Å². The highest BCUT2D eigenvalue weighted by Gasteiger charge is 2.64. The largest absolute Gasteiger partial charge is 0.481 e. The summed E-state index contributed by atoms with van der Waals surface area (Å²) in [6.07, 6.45) is 20.3. The van der Waals surface area contributed by atoms with Crippen LogP contribution in [0.25, 0.3) is 23.1 Å². The summed E-state index contributed by atoms with van der Waals surface area (Å²) in [4.78, 5) is 46.8. The Morgan fingerprint density at radius 1 is 0.809 bits per heavy atom. The lowest BCUT2D eigenvalue weighted by atomic mass is 9.56. The summed E-state index contributed by atoms with van der Waals surface area (Å²) in [7, 11) is 1.52. The zero-order valence-corrected chi connectivity index (χ0v) is 50.9. The van der Waals surface area contributed by atoms with Crippen LogP contribution in [0.3, 0.4) is 0 Å². The molecule has 6 aliphatic carbocycles. The lowest BCUT2D eigenvalue weighted by molar-refractivity contribution is -0.205. The maximum atomic E-state index is 16.1. The van der Waals surface area contributed by atoms with Crippen LogP contribution in [0.5, 0.6) is 5.75 Å². The summed E-state index contributed by atoms with van der Waals surface area (Å²) in [6.45, 7) is 0.663. The number of hydrogen-bond donors (Lipinski definition) is 3. The van der Waals surface area contributed by atoms with E-state index in [2.05, 4.69) is 133 Å². The lowest BCUT2D eigenvalue weighted by Crippen LogP contribution is -2.61. The molecule has 15 rings (SSSR count). The molecule has 0 unspecified atom stereocenters. The molecule has 3 aliphatic heterocycles. The molecule has 5 aromatic carbocycles. The van der Waals surface area contributed by atoms with Crippen molar-refractivity contribution >= 4 is 35.1 Å². The Morgan fingerprint density at radius 2 is 1.66 bits per heavy atom. The molecule has 0 radical (unpaired) electrons. The molecule has 6 aromatic rings. The first kappa shape index (κ1) is 57.8. The van der Waals surface area contributed by atoms with Gasteiger partial charge in [-0.05, 0) is 173 Å². The Balaban J connectivity index is 0.953. The van der Waals surface area contributed by atoms with Gasteiger partial charge >= 0.3 is 17.6 Å². The fourth-order valence-electron chi connectivity index (χ4n) is 18.7. The number of aliphatic hydroxyl groups is 3. The Bertz CT molecular complexity index is 4090. The predicted molar refractivity (Wildman–Crippen MR) is 341 cm³/mol. The number of ether oxygens (including phenoxy) is 4. The van der Waals surface area contributed by atoms with Crippen LogP contribution in [-0.2, 0) is 55.1 Å². The summed E-state index contributed by atoms with van der Waals surface area (Å²) in [5.74, 6) is 5.61. The van der Waals surface area contributed by atoms with Gasteiger partial charge in [0.15, 0.2) is 17.8 Å². The Hall–Kier alpha value is -7.59. The number of rotatable bonds is 9. The number of methoxy groups -OCH3 is 1. The number of fused-ring (bicyclic) bond motifs is 15. The van der Waals surface area contributed by atoms with Crippen LogP contribution >= 0.6 is 0 Å². The molecule has 456 valence electrons. The molecule has 0 saturated heterocycles. The van der Waals surface area contributed by atoms with Crippen molar-refractivity contribution < 1.29 is 48.3 Å². The second kappa shape index (κ2) is 23.3. The second-order valence-corrected chi connectivity index (χ2v) is 27.0. The van der Waals surface area contributed by atoms with Crippen molar-refractivity contribution in [2.24, 2.45) is 29.6 Å². The maximum absolute atomic E-state index is 16.1. The third-order valence-corrected chi connectivity index (χ3v) is 22.8. The highest BCUT2D eigenvalue weighted by molar-refractivity contribution is 5.91. The molecule has 1 spiro atoms. The molecule has 11 nitrogen and oxygen atoms in total. The summed E-state index contributed by atoms with van der Waals surface area (Å²) >= 11 is 0. The highest BCUT2D eigenvalue weighted by Crippen LogP contribution is 2.62. The number of carbonyl (C=O) groups excluding carboxylic acids is 2. The average molecular weight is 1190 g/mol. The van der Waals surface area contributed by atoms with Gasteiger partial charge in [0, 0.05) is 72.2 Å². The zero-order chi connectivity index (χ0) is 60.7. The minimum atomic E-state index is -1.46. The Labute approximate surface area is 520 Å². The van der Waals surface area contributed by atoms with E-state index in [0.29, 0.717) is 53.9 Å². The third-order valence-electron chi connectivity index (χ3n) is 22.8. The van der Waals surface area contributed by atoms with Gasteiger partial charge in [0.2, 0.25) is 0 Å². The fraction of sp³-hybridized carbons (Fsp3) is 0.423. The third kappa shape index (κ3) is 9.48. The van der Waals surface area contributed by atoms with E-state index < -0.39 is 47.9 Å². The van der Waals surface area contributed by atoms with Gasteiger partial charge in [-0.1, -0.05) is 146 Å². The van der Waals surface area contributed by atoms with Crippen molar-refractivity contribution in [2.75, 3.05) is 26.9 Å². The SMILES string of the molecule is COC[C@@H](CCO)c1c(CO)c2ccc3c(c2oc1=O)[C@H]1OC(=O)C[C@@H]2C[C@@H](c4cccc([C@]56CCCC[C@@H]5C=Cc5ccccc56)c4)C=C[C@H]2c2ccc4c5c2CC#CC[C@](O3)([C@@H]2C[C@@H]3c6ccccc6C=C[C@@H]3[C@H]2CC5)[C@H]1OC(=O)/C(=C(/C)CO)CC4. The molecular formula is C78H78O11. The Morgan fingerprint density at radius 3 is 2.52 bits per heavy atom.